The van der Waals surface area contributed by atoms with E-state index in [1.165, 1.54) is 38.2 Å². The lowest BCUT2D eigenvalue weighted by atomic mass is 9.85. The number of benzene rings is 3. The first-order valence-electron chi connectivity index (χ1n) is 23.4. The fourth-order valence-corrected chi connectivity index (χ4v) is 14.6. The van der Waals surface area contributed by atoms with Crippen LogP contribution in [0.25, 0.3) is 33.7 Å². The topological polar surface area (TPSA) is 86.5 Å². The molecule has 8 rings (SSSR count). The zero-order valence-corrected chi connectivity index (χ0v) is 39.3. The molecule has 63 heavy (non-hydrogen) atoms. The number of hydrogen-bond acceptors (Lipinski definition) is 3. The highest BCUT2D eigenvalue weighted by Crippen LogP contribution is 2.56. The quantitative estimate of drug-likeness (QED) is 0.0710. The molecule has 3 N–H and O–H groups in total. The molecule has 7 heteroatoms. The third kappa shape index (κ3) is 8.98. The number of hydrogen-bond donors (Lipinski definition) is 3. The van der Waals surface area contributed by atoms with Gasteiger partial charge in [-0.05, 0) is 160 Å². The average molecular weight is 855 g/mol. The number of carbonyl (C=O) groups excluding carboxylic acids is 1. The molecule has 8 bridgehead atoms. The number of H-pyrrole nitrogens is 2. The highest BCUT2D eigenvalue weighted by atomic mass is 31.2. The van der Waals surface area contributed by atoms with E-state index in [1.807, 2.05) is 0 Å². The molecule has 5 heterocycles. The number of nitrogens with zero attached hydrogens (tertiary/aromatic N) is 2. The van der Waals surface area contributed by atoms with Crippen LogP contribution in [-0.2, 0) is 17.6 Å². The molecule has 6 nitrogen and oxygen atoms in total. The second-order valence-electron chi connectivity index (χ2n) is 17.7. The Balaban J connectivity index is 0.970. The van der Waals surface area contributed by atoms with Crippen LogP contribution in [0, 0.1) is 20.8 Å². The van der Waals surface area contributed by atoms with Crippen LogP contribution in [0.2, 0.25) is 0 Å². The van der Waals surface area contributed by atoms with Gasteiger partial charge in [0.15, 0.2) is 0 Å². The molecule has 0 radical (unpaired) electrons. The van der Waals surface area contributed by atoms with Crippen LogP contribution in [0.1, 0.15) is 129 Å². The molecule has 324 valence electrons. The van der Waals surface area contributed by atoms with E-state index in [2.05, 4.69) is 179 Å². The Morgan fingerprint density at radius 2 is 1.19 bits per heavy atom. The highest BCUT2D eigenvalue weighted by Gasteiger charge is 2.44. The molecule has 2 atom stereocenters. The van der Waals surface area contributed by atoms with Crippen LogP contribution in [-0.4, -0.2) is 38.5 Å². The summed E-state index contributed by atoms with van der Waals surface area (Å²) < 4.78 is 0. The van der Waals surface area contributed by atoms with E-state index in [9.17, 15) is 4.79 Å². The Labute approximate surface area is 375 Å². The van der Waals surface area contributed by atoms with Crippen molar-refractivity contribution in [3.05, 3.63) is 160 Å². The van der Waals surface area contributed by atoms with Gasteiger partial charge in [-0.3, -0.25) is 9.78 Å². The first kappa shape index (κ1) is 44.0. The minimum absolute atomic E-state index is 0.108. The summed E-state index contributed by atoms with van der Waals surface area (Å²) in [5.74, 6) is 0.381. The number of fused-ring (bicyclic) bond motifs is 8. The molecule has 6 aromatic rings. The van der Waals surface area contributed by atoms with Crippen molar-refractivity contribution in [2.24, 2.45) is 0 Å². The van der Waals surface area contributed by atoms with E-state index in [-0.39, 0.29) is 17.7 Å². The van der Waals surface area contributed by atoms with Gasteiger partial charge in [0.2, 0.25) is 5.91 Å². The van der Waals surface area contributed by atoms with Gasteiger partial charge in [0, 0.05) is 58.3 Å². The van der Waals surface area contributed by atoms with E-state index in [1.54, 1.807) is 0 Å². The molecule has 0 spiro atoms. The fraction of sp³-hybridized carbons (Fsp3) is 0.339. The molecule has 0 unspecified atom stereocenters. The fourth-order valence-electron chi connectivity index (χ4n) is 10.2. The average Bonchev–Trinajstić information content (AvgIpc) is 4.01. The van der Waals surface area contributed by atoms with Gasteiger partial charge < -0.3 is 15.3 Å². The summed E-state index contributed by atoms with van der Waals surface area (Å²) in [7, 11) is -1.82. The SMILES string of the molecule is CCc1c(C)c2cc3[nH]c(cc4nc(c(C)c5nc(cc1[nH]2)C(C)=C5)[C@@H](CCC(=O)NCCCCCC[P+](c1ccccc1)(c1ccccc1)c1ccccc1)[C@@H]4C)c(C)c3CC. The molecular weight excluding hydrogens is 790 g/mol. The van der Waals surface area contributed by atoms with Gasteiger partial charge in [0.1, 0.15) is 23.2 Å². The third-order valence-corrected chi connectivity index (χ3v) is 18.5. The summed E-state index contributed by atoms with van der Waals surface area (Å²) in [6.45, 7) is 16.2. The second-order valence-corrected chi connectivity index (χ2v) is 21.4. The van der Waals surface area contributed by atoms with Crippen molar-refractivity contribution in [1.29, 1.82) is 0 Å². The minimum Gasteiger partial charge on any atom is -0.356 e. The lowest BCUT2D eigenvalue weighted by Crippen LogP contribution is -2.33. The molecule has 3 aromatic heterocycles. The summed E-state index contributed by atoms with van der Waals surface area (Å²) in [5.41, 5.74) is 16.0. The van der Waals surface area contributed by atoms with Gasteiger partial charge in [-0.1, -0.05) is 81.8 Å². The smallest absolute Gasteiger partial charge is 0.220 e. The molecule has 2 aliphatic rings. The van der Waals surface area contributed by atoms with Gasteiger partial charge in [0.05, 0.1) is 17.5 Å². The molecule has 1 amide bonds. The summed E-state index contributed by atoms with van der Waals surface area (Å²) in [6.07, 6.45) is 10.7. The van der Waals surface area contributed by atoms with Crippen molar-refractivity contribution in [3.63, 3.8) is 0 Å². The van der Waals surface area contributed by atoms with E-state index in [4.69, 9.17) is 9.97 Å². The number of aromatic nitrogens is 4. The number of allylic oxidation sites excluding steroid dienone is 1. The number of nitrogens with one attached hydrogen (secondary N) is 3. The minimum atomic E-state index is -1.82. The number of carbonyl (C=O) groups is 1. The van der Waals surface area contributed by atoms with Crippen molar-refractivity contribution in [3.8, 4) is 0 Å². The van der Waals surface area contributed by atoms with Gasteiger partial charge >= 0.3 is 0 Å². The zero-order valence-electron chi connectivity index (χ0n) is 38.4. The zero-order chi connectivity index (χ0) is 44.1. The van der Waals surface area contributed by atoms with E-state index >= 15 is 0 Å². The Bertz CT molecular complexity index is 2670. The van der Waals surface area contributed by atoms with Gasteiger partial charge in [-0.25, -0.2) is 4.98 Å². The molecule has 0 saturated carbocycles. The molecule has 0 saturated heterocycles. The largest absolute Gasteiger partial charge is 0.356 e. The lowest BCUT2D eigenvalue weighted by molar-refractivity contribution is -0.121. The maximum atomic E-state index is 13.5. The number of unbranched alkanes of at least 4 members (excludes halogenated alkanes) is 3. The lowest BCUT2D eigenvalue weighted by Gasteiger charge is -2.27. The van der Waals surface area contributed by atoms with Crippen LogP contribution >= 0.6 is 7.26 Å². The van der Waals surface area contributed by atoms with Crippen LogP contribution < -0.4 is 21.2 Å². The van der Waals surface area contributed by atoms with Crippen molar-refractivity contribution >= 4 is 62.8 Å². The van der Waals surface area contributed by atoms with Crippen molar-refractivity contribution in [1.82, 2.24) is 25.3 Å². The molecular formula is C56H65N5OP+. The molecule has 0 aliphatic carbocycles. The summed E-state index contributed by atoms with van der Waals surface area (Å²) in [6, 6.07) is 40.2. The van der Waals surface area contributed by atoms with Crippen LogP contribution in [0.3, 0.4) is 0 Å². The summed E-state index contributed by atoms with van der Waals surface area (Å²) in [4.78, 5) is 31.7. The molecule has 3 aromatic carbocycles. The van der Waals surface area contributed by atoms with Crippen molar-refractivity contribution in [2.45, 2.75) is 112 Å². The highest BCUT2D eigenvalue weighted by molar-refractivity contribution is 7.95. The second kappa shape index (κ2) is 19.4. The van der Waals surface area contributed by atoms with Crippen LogP contribution in [0.15, 0.2) is 109 Å². The Morgan fingerprint density at radius 3 is 1.76 bits per heavy atom. The van der Waals surface area contributed by atoms with E-state index in [0.717, 1.165) is 107 Å². The van der Waals surface area contributed by atoms with E-state index in [0.29, 0.717) is 13.0 Å². The summed E-state index contributed by atoms with van der Waals surface area (Å²) >= 11 is 0. The third-order valence-electron chi connectivity index (χ3n) is 13.9. The first-order valence-corrected chi connectivity index (χ1v) is 25.3. The summed E-state index contributed by atoms with van der Waals surface area (Å²) in [5, 5.41) is 7.60. The van der Waals surface area contributed by atoms with E-state index < -0.39 is 7.26 Å². The van der Waals surface area contributed by atoms with Gasteiger partial charge in [-0.15, -0.1) is 0 Å². The number of aromatic amines is 2. The van der Waals surface area contributed by atoms with Crippen molar-refractivity contribution < 1.29 is 4.79 Å². The predicted octanol–water partition coefficient (Wildman–Crippen LogP) is 12.3. The maximum Gasteiger partial charge on any atom is 0.220 e. The monoisotopic (exact) mass is 854 g/mol. The Morgan fingerprint density at radius 1 is 0.651 bits per heavy atom. The Hall–Kier alpha value is -5.58. The van der Waals surface area contributed by atoms with Crippen LogP contribution in [0.5, 0.6) is 0 Å². The number of amides is 1. The normalized spacial score (nSPS) is 15.1. The molecule has 0 fully saturated rings. The predicted molar refractivity (Wildman–Crippen MR) is 269 cm³/mol. The Kier molecular flexibility index (Phi) is 13.6. The van der Waals surface area contributed by atoms with Gasteiger partial charge in [0.25, 0.3) is 0 Å². The first-order chi connectivity index (χ1) is 30.6. The van der Waals surface area contributed by atoms with Crippen molar-refractivity contribution in [2.75, 3.05) is 12.7 Å². The standard InChI is InChI=1S/C56H64N5OP/c1-8-45-39(5)51-36-54-46(9-2)38(4)50(59-54)35-52-40(6)47(56(61-52)41(7)49-33-37(3)48(58-49)34-53(45)60-51)29-30-55(62)57-31-21-10-11-22-32-63(42-23-15-12-16-24-42,43-25-17-13-18-26-43)44-27-19-14-20-28-44/h12-20,23-28,33-36,40,47H,8-11,21-22,29-32H2,1-7H3,(H2-,57,58,59,60,61,62)/p+1/t40-,47-/m0/s1. The van der Waals surface area contributed by atoms with Gasteiger partial charge in [-0.2, -0.15) is 0 Å². The maximum absolute atomic E-state index is 13.5. The number of rotatable bonds is 15. The molecule has 2 aliphatic heterocycles. The number of aryl methyl sites for hydroxylation is 4. The van der Waals surface area contributed by atoms with Crippen LogP contribution in [0.4, 0.5) is 0 Å².